The predicted octanol–water partition coefficient (Wildman–Crippen LogP) is 2.11. The van der Waals surface area contributed by atoms with E-state index in [0.717, 1.165) is 17.5 Å². The van der Waals surface area contributed by atoms with Crippen LogP contribution in [-0.2, 0) is 45.2 Å². The summed E-state index contributed by atoms with van der Waals surface area (Å²) in [5.74, 6) is -1.34. The van der Waals surface area contributed by atoms with Gasteiger partial charge in [0.2, 0.25) is 6.10 Å². The van der Waals surface area contributed by atoms with Crippen LogP contribution in [0.4, 0.5) is 0 Å². The number of hydrogen-bond donors (Lipinski definition) is 2. The molecule has 244 valence electrons. The van der Waals surface area contributed by atoms with Crippen LogP contribution in [0.1, 0.15) is 49.5 Å². The van der Waals surface area contributed by atoms with Gasteiger partial charge in [-0.05, 0) is 50.4 Å². The fourth-order valence-electron chi connectivity index (χ4n) is 7.59. The van der Waals surface area contributed by atoms with E-state index in [2.05, 4.69) is 10.2 Å². The van der Waals surface area contributed by atoms with E-state index in [1.165, 1.54) is 13.8 Å². The molecular weight excluding hydrogens is 596 g/mol. The van der Waals surface area contributed by atoms with Gasteiger partial charge in [-0.25, -0.2) is 4.79 Å². The summed E-state index contributed by atoms with van der Waals surface area (Å²) < 4.78 is 28.5. The van der Waals surface area contributed by atoms with Crippen molar-refractivity contribution in [2.75, 3.05) is 27.2 Å². The number of allylic oxidation sites excluding steroid dienone is 1. The van der Waals surface area contributed by atoms with Gasteiger partial charge in [-0.15, -0.1) is 0 Å². The van der Waals surface area contributed by atoms with Crippen LogP contribution in [0.25, 0.3) is 0 Å². The first-order valence-corrected chi connectivity index (χ1v) is 15.4. The summed E-state index contributed by atoms with van der Waals surface area (Å²) in [4.78, 5) is 52.3. The fourth-order valence-corrected chi connectivity index (χ4v) is 7.59. The summed E-state index contributed by atoms with van der Waals surface area (Å²) in [7, 11) is 3.58. The van der Waals surface area contributed by atoms with Crippen molar-refractivity contribution in [3.8, 4) is 11.5 Å². The first-order chi connectivity index (χ1) is 22.1. The molecule has 46 heavy (non-hydrogen) atoms. The van der Waals surface area contributed by atoms with Crippen LogP contribution in [0, 0.1) is 5.92 Å². The number of piperidine rings is 1. The van der Waals surface area contributed by atoms with Crippen LogP contribution >= 0.6 is 0 Å². The second-order valence-electron chi connectivity index (χ2n) is 12.2. The van der Waals surface area contributed by atoms with E-state index < -0.39 is 53.6 Å². The SMILES string of the molecule is COc1ccc2c3c1OC1C(OC(=O)C(C)OC(=O)CCNC(=O)C(OC(C)=O)c4ccccc4)=CCC4C(C2)N(C)CC(O)C314. The van der Waals surface area contributed by atoms with E-state index in [-0.39, 0.29) is 30.7 Å². The predicted molar refractivity (Wildman–Crippen MR) is 162 cm³/mol. The summed E-state index contributed by atoms with van der Waals surface area (Å²) in [5, 5.41) is 14.3. The molecule has 1 fully saturated rings. The largest absolute Gasteiger partial charge is 0.493 e. The number of ether oxygens (including phenoxy) is 5. The van der Waals surface area contributed by atoms with E-state index in [9.17, 15) is 24.3 Å². The highest BCUT2D eigenvalue weighted by atomic mass is 16.6. The molecule has 0 aromatic heterocycles. The summed E-state index contributed by atoms with van der Waals surface area (Å²) in [6.07, 6.45) is -0.999. The van der Waals surface area contributed by atoms with Gasteiger partial charge < -0.3 is 39.0 Å². The number of aliphatic hydroxyl groups excluding tert-OH is 1. The maximum atomic E-state index is 13.2. The number of likely N-dealkylation sites (N-methyl/N-ethyl adjacent to an activating group) is 1. The topological polar surface area (TPSA) is 150 Å². The quantitative estimate of drug-likeness (QED) is 0.292. The Morgan fingerprint density at radius 1 is 1.13 bits per heavy atom. The third-order valence-corrected chi connectivity index (χ3v) is 9.56. The normalized spacial score (nSPS) is 26.8. The van der Waals surface area contributed by atoms with Gasteiger partial charge in [0.1, 0.15) is 5.76 Å². The highest BCUT2D eigenvalue weighted by Gasteiger charge is 2.68. The standard InChI is InChI=1S/C34H38N2O10/c1-18(43-27(39)14-15-35-32(40)29(44-19(2)37)20-8-6-5-7-9-20)33(41)45-25-13-11-22-23-16-21-10-12-24(42-4)30-28(21)34(22,31(25)46-30)26(38)17-36(23)3/h5-10,12-13,18,22-23,26,29,31,38H,11,14-17H2,1-4H3,(H,35,40). The fraction of sp³-hybridized carbons (Fsp3) is 0.471. The number of amides is 1. The molecule has 2 heterocycles. The third kappa shape index (κ3) is 5.28. The second-order valence-corrected chi connectivity index (χ2v) is 12.2. The molecule has 1 spiro atoms. The molecule has 0 radical (unpaired) electrons. The molecule has 12 nitrogen and oxygen atoms in total. The molecule has 7 atom stereocenters. The molecule has 2 aliphatic heterocycles. The van der Waals surface area contributed by atoms with Crippen LogP contribution in [0.15, 0.2) is 54.3 Å². The molecule has 2 aromatic carbocycles. The van der Waals surface area contributed by atoms with Gasteiger partial charge in [-0.3, -0.25) is 14.4 Å². The zero-order valence-electron chi connectivity index (χ0n) is 26.2. The Balaban J connectivity index is 1.10. The van der Waals surface area contributed by atoms with Gasteiger partial charge in [0.05, 0.1) is 25.0 Å². The van der Waals surface area contributed by atoms with E-state index in [4.69, 9.17) is 23.7 Å². The number of nitrogens with zero attached hydrogens (tertiary/aromatic N) is 1. The Morgan fingerprint density at radius 2 is 1.89 bits per heavy atom. The first kappa shape index (κ1) is 31.6. The van der Waals surface area contributed by atoms with Crippen molar-refractivity contribution in [3.63, 3.8) is 0 Å². The van der Waals surface area contributed by atoms with Crippen molar-refractivity contribution < 1.29 is 48.0 Å². The molecule has 2 bridgehead atoms. The molecule has 2 N–H and O–H groups in total. The van der Waals surface area contributed by atoms with E-state index in [1.807, 2.05) is 25.3 Å². The number of methoxy groups -OCH3 is 1. The van der Waals surface area contributed by atoms with Gasteiger partial charge in [0.25, 0.3) is 5.91 Å². The van der Waals surface area contributed by atoms with Crippen molar-refractivity contribution in [3.05, 3.63) is 71.0 Å². The zero-order valence-corrected chi connectivity index (χ0v) is 26.2. The zero-order chi connectivity index (χ0) is 32.7. The lowest BCUT2D eigenvalue weighted by atomic mass is 9.52. The third-order valence-electron chi connectivity index (χ3n) is 9.56. The maximum Gasteiger partial charge on any atom is 0.352 e. The van der Waals surface area contributed by atoms with E-state index >= 15 is 0 Å². The molecule has 7 unspecified atom stereocenters. The van der Waals surface area contributed by atoms with Gasteiger partial charge in [-0.1, -0.05) is 36.4 Å². The molecule has 1 amide bonds. The Morgan fingerprint density at radius 3 is 2.61 bits per heavy atom. The summed E-state index contributed by atoms with van der Waals surface area (Å²) in [6, 6.07) is 12.6. The molecule has 4 aliphatic rings. The summed E-state index contributed by atoms with van der Waals surface area (Å²) in [6.45, 7) is 2.94. The number of rotatable bonds is 10. The molecule has 6 rings (SSSR count). The molecule has 0 saturated carbocycles. The van der Waals surface area contributed by atoms with E-state index in [1.54, 1.807) is 37.4 Å². The van der Waals surface area contributed by atoms with Crippen molar-refractivity contribution in [2.45, 2.75) is 69.0 Å². The Bertz CT molecular complexity index is 1580. The number of benzene rings is 2. The van der Waals surface area contributed by atoms with Crippen LogP contribution in [0.2, 0.25) is 0 Å². The molecule has 2 aliphatic carbocycles. The molecular formula is C34H38N2O10. The number of carbonyl (C=O) groups is 4. The Hall–Kier alpha value is -4.42. The highest BCUT2D eigenvalue weighted by Crippen LogP contribution is 2.63. The number of β-amino-alcohol motifs (C(OH)–C–C–N with tert-alkyl or cyclic N) is 1. The Labute approximate surface area is 266 Å². The minimum Gasteiger partial charge on any atom is -0.493 e. The minimum atomic E-state index is -1.26. The van der Waals surface area contributed by atoms with Gasteiger partial charge in [0.15, 0.2) is 23.7 Å². The lowest BCUT2D eigenvalue weighted by Crippen LogP contribution is -2.70. The van der Waals surface area contributed by atoms with Crippen molar-refractivity contribution in [1.29, 1.82) is 0 Å². The monoisotopic (exact) mass is 634 g/mol. The van der Waals surface area contributed by atoms with Crippen LogP contribution in [-0.4, -0.2) is 85.4 Å². The lowest BCUT2D eigenvalue weighted by molar-refractivity contribution is -0.167. The number of hydrogen-bond acceptors (Lipinski definition) is 11. The number of aliphatic hydroxyl groups is 1. The minimum absolute atomic E-state index is 0.0300. The molecule has 1 saturated heterocycles. The maximum absolute atomic E-state index is 13.2. The first-order valence-electron chi connectivity index (χ1n) is 15.4. The number of nitrogens with one attached hydrogen (secondary N) is 1. The summed E-state index contributed by atoms with van der Waals surface area (Å²) in [5.41, 5.74) is 1.67. The lowest BCUT2D eigenvalue weighted by Gasteiger charge is -2.58. The van der Waals surface area contributed by atoms with Crippen LogP contribution < -0.4 is 14.8 Å². The van der Waals surface area contributed by atoms with E-state index in [0.29, 0.717) is 30.0 Å². The van der Waals surface area contributed by atoms with Gasteiger partial charge in [-0.2, -0.15) is 0 Å². The number of carbonyl (C=O) groups excluding carboxylic acids is 4. The Kier molecular flexibility index (Phi) is 8.51. The number of likely N-dealkylation sites (tertiary alicyclic amines) is 1. The van der Waals surface area contributed by atoms with Gasteiger partial charge in [0, 0.05) is 37.2 Å². The molecule has 12 heteroatoms. The highest BCUT2D eigenvalue weighted by molar-refractivity contribution is 5.85. The van der Waals surface area contributed by atoms with Gasteiger partial charge >= 0.3 is 17.9 Å². The van der Waals surface area contributed by atoms with Crippen molar-refractivity contribution >= 4 is 23.8 Å². The van der Waals surface area contributed by atoms with Crippen LogP contribution in [0.3, 0.4) is 0 Å². The average Bonchev–Trinajstić information content (AvgIpc) is 3.40. The second kappa shape index (κ2) is 12.4. The van der Waals surface area contributed by atoms with Crippen LogP contribution in [0.5, 0.6) is 11.5 Å². The average molecular weight is 635 g/mol. The van der Waals surface area contributed by atoms with Crippen molar-refractivity contribution in [1.82, 2.24) is 10.2 Å². The van der Waals surface area contributed by atoms with Crippen molar-refractivity contribution in [2.24, 2.45) is 5.92 Å². The number of esters is 3. The smallest absolute Gasteiger partial charge is 0.352 e. The molecule has 2 aromatic rings. The summed E-state index contributed by atoms with van der Waals surface area (Å²) >= 11 is 0.